The van der Waals surface area contributed by atoms with Gasteiger partial charge < -0.3 is 5.32 Å². The second-order valence-electron chi connectivity index (χ2n) is 6.81. The molecule has 3 rings (SSSR count). The van der Waals surface area contributed by atoms with Crippen molar-refractivity contribution in [3.63, 3.8) is 0 Å². The van der Waals surface area contributed by atoms with Gasteiger partial charge in [0.25, 0.3) is 0 Å². The van der Waals surface area contributed by atoms with Crippen LogP contribution < -0.4 is 5.32 Å². The van der Waals surface area contributed by atoms with Crippen LogP contribution in [0.15, 0.2) is 30.3 Å². The first-order valence-electron chi connectivity index (χ1n) is 8.26. The molecule has 1 aliphatic carbocycles. The molecule has 2 fully saturated rings. The van der Waals surface area contributed by atoms with Crippen LogP contribution in [-0.4, -0.2) is 29.9 Å². The van der Waals surface area contributed by atoms with Gasteiger partial charge in [0.15, 0.2) is 0 Å². The Balaban J connectivity index is 1.46. The zero-order chi connectivity index (χ0) is 14.7. The van der Waals surface area contributed by atoms with E-state index >= 15 is 0 Å². The van der Waals surface area contributed by atoms with Crippen molar-refractivity contribution in [2.75, 3.05) is 13.1 Å². The van der Waals surface area contributed by atoms with Crippen molar-refractivity contribution in [1.29, 1.82) is 0 Å². The van der Waals surface area contributed by atoms with E-state index in [4.69, 9.17) is 0 Å². The maximum Gasteiger partial charge on any atom is 0.220 e. The number of nitrogens with zero attached hydrogens (tertiary/aromatic N) is 1. The van der Waals surface area contributed by atoms with Gasteiger partial charge in [0, 0.05) is 32.1 Å². The zero-order valence-electron chi connectivity index (χ0n) is 12.9. The Labute approximate surface area is 127 Å². The highest BCUT2D eigenvalue weighted by atomic mass is 16.1. The molecule has 0 aromatic heterocycles. The molecule has 0 radical (unpaired) electrons. The van der Waals surface area contributed by atoms with Gasteiger partial charge in [-0.1, -0.05) is 37.3 Å². The van der Waals surface area contributed by atoms with Gasteiger partial charge in [-0.25, -0.2) is 0 Å². The van der Waals surface area contributed by atoms with Gasteiger partial charge in [-0.05, 0) is 36.7 Å². The number of benzene rings is 1. The van der Waals surface area contributed by atoms with Gasteiger partial charge >= 0.3 is 0 Å². The summed E-state index contributed by atoms with van der Waals surface area (Å²) in [6.07, 6.45) is 4.32. The molecule has 2 atom stereocenters. The van der Waals surface area contributed by atoms with Crippen LogP contribution in [0.3, 0.4) is 0 Å². The van der Waals surface area contributed by atoms with Crippen molar-refractivity contribution >= 4 is 5.91 Å². The Morgan fingerprint density at radius 2 is 2.00 bits per heavy atom. The number of piperidine rings is 1. The van der Waals surface area contributed by atoms with Gasteiger partial charge in [0.1, 0.15) is 0 Å². The number of hydrogen-bond donors (Lipinski definition) is 1. The molecule has 1 saturated heterocycles. The Hall–Kier alpha value is -1.35. The summed E-state index contributed by atoms with van der Waals surface area (Å²) in [5.74, 6) is 1.48. The van der Waals surface area contributed by atoms with Crippen LogP contribution in [0.25, 0.3) is 0 Å². The molecule has 1 heterocycles. The zero-order valence-corrected chi connectivity index (χ0v) is 12.9. The molecule has 3 heteroatoms. The normalized spacial score (nSPS) is 26.5. The van der Waals surface area contributed by atoms with Gasteiger partial charge in [0.05, 0.1) is 0 Å². The number of carbonyl (C=O) groups is 1. The van der Waals surface area contributed by atoms with Crippen LogP contribution in [-0.2, 0) is 11.3 Å². The molecule has 1 saturated carbocycles. The predicted octanol–water partition coefficient (Wildman–Crippen LogP) is 2.81. The first-order valence-corrected chi connectivity index (χ1v) is 8.26. The third-order valence-electron chi connectivity index (χ3n) is 4.76. The van der Waals surface area contributed by atoms with Crippen molar-refractivity contribution in [2.24, 2.45) is 11.8 Å². The summed E-state index contributed by atoms with van der Waals surface area (Å²) in [7, 11) is 0. The number of amides is 1. The molecule has 1 aliphatic heterocycles. The lowest BCUT2D eigenvalue weighted by atomic mass is 9.93. The van der Waals surface area contributed by atoms with Crippen LogP contribution in [0.4, 0.5) is 0 Å². The van der Waals surface area contributed by atoms with E-state index in [1.807, 2.05) is 0 Å². The van der Waals surface area contributed by atoms with E-state index in [1.165, 1.54) is 18.4 Å². The molecule has 1 amide bonds. The monoisotopic (exact) mass is 286 g/mol. The Bertz CT molecular complexity index is 469. The summed E-state index contributed by atoms with van der Waals surface area (Å²) in [4.78, 5) is 14.5. The third kappa shape index (κ3) is 4.31. The first-order chi connectivity index (χ1) is 10.2. The maximum absolute atomic E-state index is 12.0. The second kappa shape index (κ2) is 6.61. The smallest absolute Gasteiger partial charge is 0.220 e. The number of likely N-dealkylation sites (tertiary alicyclic amines) is 1. The summed E-state index contributed by atoms with van der Waals surface area (Å²) in [6.45, 7) is 5.43. The van der Waals surface area contributed by atoms with Crippen LogP contribution in [0.5, 0.6) is 0 Å². The lowest BCUT2D eigenvalue weighted by Crippen LogP contribution is -2.49. The molecule has 2 aliphatic rings. The molecule has 0 bridgehead atoms. The number of rotatable bonds is 5. The number of carbonyl (C=O) groups excluding carboxylic acids is 1. The highest BCUT2D eigenvalue weighted by Gasteiger charge is 2.29. The van der Waals surface area contributed by atoms with Gasteiger partial charge in [-0.3, -0.25) is 9.69 Å². The molecule has 1 N–H and O–H groups in total. The fourth-order valence-electron chi connectivity index (χ4n) is 3.28. The second-order valence-corrected chi connectivity index (χ2v) is 6.81. The van der Waals surface area contributed by atoms with Gasteiger partial charge in [-0.15, -0.1) is 0 Å². The molecular weight excluding hydrogens is 260 g/mol. The van der Waals surface area contributed by atoms with E-state index < -0.39 is 0 Å². The SMILES string of the molecule is CC1CN(Cc2ccccc2)CCC1NC(=O)CC1CC1. The van der Waals surface area contributed by atoms with Crippen molar-refractivity contribution in [2.45, 2.75) is 45.2 Å². The summed E-state index contributed by atoms with van der Waals surface area (Å²) in [5.41, 5.74) is 1.38. The molecule has 0 spiro atoms. The van der Waals surface area contributed by atoms with E-state index in [0.29, 0.717) is 17.9 Å². The van der Waals surface area contributed by atoms with Crippen molar-refractivity contribution in [3.8, 4) is 0 Å². The fourth-order valence-corrected chi connectivity index (χ4v) is 3.28. The standard InChI is InChI=1S/C18H26N2O/c1-14-12-20(13-16-5-3-2-4-6-16)10-9-17(14)19-18(21)11-15-7-8-15/h2-6,14-15,17H,7-13H2,1H3,(H,19,21). The van der Waals surface area contributed by atoms with E-state index in [9.17, 15) is 4.79 Å². The van der Waals surface area contributed by atoms with E-state index in [1.54, 1.807) is 0 Å². The minimum atomic E-state index is 0.269. The van der Waals surface area contributed by atoms with Crippen LogP contribution in [0.1, 0.15) is 38.2 Å². The molecule has 1 aromatic carbocycles. The topological polar surface area (TPSA) is 32.3 Å². The Morgan fingerprint density at radius 1 is 1.24 bits per heavy atom. The summed E-state index contributed by atoms with van der Waals surface area (Å²) < 4.78 is 0. The summed E-state index contributed by atoms with van der Waals surface area (Å²) in [5, 5.41) is 3.26. The van der Waals surface area contributed by atoms with Crippen molar-refractivity contribution < 1.29 is 4.79 Å². The summed E-state index contributed by atoms with van der Waals surface area (Å²) in [6, 6.07) is 11.0. The van der Waals surface area contributed by atoms with E-state index in [0.717, 1.165) is 32.5 Å². The average Bonchev–Trinajstić information content (AvgIpc) is 3.27. The molecule has 2 unspecified atom stereocenters. The van der Waals surface area contributed by atoms with E-state index in [-0.39, 0.29) is 5.91 Å². The Kier molecular flexibility index (Phi) is 4.59. The van der Waals surface area contributed by atoms with Crippen LogP contribution >= 0.6 is 0 Å². The molecule has 114 valence electrons. The lowest BCUT2D eigenvalue weighted by molar-refractivity contribution is -0.122. The minimum Gasteiger partial charge on any atom is -0.353 e. The fraction of sp³-hybridized carbons (Fsp3) is 0.611. The number of hydrogen-bond acceptors (Lipinski definition) is 2. The highest BCUT2D eigenvalue weighted by Crippen LogP contribution is 2.32. The van der Waals surface area contributed by atoms with Crippen molar-refractivity contribution in [1.82, 2.24) is 10.2 Å². The quantitative estimate of drug-likeness (QED) is 0.902. The van der Waals surface area contributed by atoms with Gasteiger partial charge in [0.2, 0.25) is 5.91 Å². The van der Waals surface area contributed by atoms with Gasteiger partial charge in [-0.2, -0.15) is 0 Å². The molecule has 1 aromatic rings. The highest BCUT2D eigenvalue weighted by molar-refractivity contribution is 5.76. The molecule has 21 heavy (non-hydrogen) atoms. The lowest BCUT2D eigenvalue weighted by Gasteiger charge is -2.37. The third-order valence-corrected chi connectivity index (χ3v) is 4.76. The molecule has 3 nitrogen and oxygen atoms in total. The summed E-state index contributed by atoms with van der Waals surface area (Å²) >= 11 is 0. The first kappa shape index (κ1) is 14.6. The number of nitrogens with one attached hydrogen (secondary N) is 1. The van der Waals surface area contributed by atoms with Crippen molar-refractivity contribution in [3.05, 3.63) is 35.9 Å². The predicted molar refractivity (Wildman–Crippen MR) is 84.8 cm³/mol. The van der Waals surface area contributed by atoms with E-state index in [2.05, 4.69) is 47.5 Å². The largest absolute Gasteiger partial charge is 0.353 e. The minimum absolute atomic E-state index is 0.269. The molecular formula is C18H26N2O. The Morgan fingerprint density at radius 3 is 2.67 bits per heavy atom. The average molecular weight is 286 g/mol. The van der Waals surface area contributed by atoms with Crippen LogP contribution in [0.2, 0.25) is 0 Å². The maximum atomic E-state index is 12.0. The van der Waals surface area contributed by atoms with Crippen LogP contribution in [0, 0.1) is 11.8 Å².